The molecular weight excluding hydrogens is 194 g/mol. The van der Waals surface area contributed by atoms with Gasteiger partial charge in [-0.3, -0.25) is 4.79 Å². The minimum Gasteiger partial charge on any atom is -0.409 e. The van der Waals surface area contributed by atoms with Crippen molar-refractivity contribution >= 4 is 11.7 Å². The van der Waals surface area contributed by atoms with E-state index in [2.05, 4.69) is 5.16 Å². The molecule has 0 aliphatic rings. The van der Waals surface area contributed by atoms with E-state index in [0.29, 0.717) is 0 Å². The Morgan fingerprint density at radius 2 is 2.07 bits per heavy atom. The van der Waals surface area contributed by atoms with Crippen molar-refractivity contribution in [2.24, 2.45) is 16.3 Å². The molecule has 0 saturated carbocycles. The Bertz CT molecular complexity index is 261. The second-order valence-corrected chi connectivity index (χ2v) is 4.28. The molecule has 0 fully saturated rings. The Hall–Kier alpha value is -1.26. The van der Waals surface area contributed by atoms with Crippen LogP contribution in [0.1, 0.15) is 34.1 Å². The number of carbonyl (C=O) groups excluding carboxylic acids is 1. The fourth-order valence-corrected chi connectivity index (χ4v) is 1.15. The molecule has 0 rings (SSSR count). The first-order valence-corrected chi connectivity index (χ1v) is 5.04. The summed E-state index contributed by atoms with van der Waals surface area (Å²) >= 11 is 0. The Balaban J connectivity index is 4.85. The first-order valence-electron chi connectivity index (χ1n) is 5.04. The van der Waals surface area contributed by atoms with Crippen LogP contribution in [0.2, 0.25) is 0 Å². The van der Waals surface area contributed by atoms with Crippen LogP contribution in [0.5, 0.6) is 0 Å². The molecule has 0 aliphatic carbocycles. The van der Waals surface area contributed by atoms with Crippen molar-refractivity contribution in [3.8, 4) is 0 Å². The van der Waals surface area contributed by atoms with Gasteiger partial charge in [0.05, 0.1) is 0 Å². The van der Waals surface area contributed by atoms with E-state index in [-0.39, 0.29) is 17.8 Å². The normalized spacial score (nSPS) is 14.9. The summed E-state index contributed by atoms with van der Waals surface area (Å²) < 4.78 is 0. The topological polar surface area (TPSA) is 78.9 Å². The molecule has 5 heteroatoms. The molecule has 88 valence electrons. The zero-order valence-corrected chi connectivity index (χ0v) is 10.1. The summed E-state index contributed by atoms with van der Waals surface area (Å²) in [5.41, 5.74) is 4.52. The summed E-state index contributed by atoms with van der Waals surface area (Å²) in [4.78, 5) is 13.6. The van der Waals surface area contributed by atoms with E-state index in [9.17, 15) is 4.79 Å². The maximum absolute atomic E-state index is 12.0. The smallest absolute Gasteiger partial charge is 0.235 e. The number of hydrogen-bond donors (Lipinski definition) is 2. The SMILES string of the molecule is CCC(C)N(C)C(=O)C(C)(C)C(N)=NO. The number of rotatable bonds is 4. The van der Waals surface area contributed by atoms with Crippen LogP contribution in [-0.2, 0) is 4.79 Å². The van der Waals surface area contributed by atoms with Crippen LogP contribution >= 0.6 is 0 Å². The van der Waals surface area contributed by atoms with Gasteiger partial charge in [-0.15, -0.1) is 0 Å². The standard InChI is InChI=1S/C10H21N3O2/c1-6-7(2)13(5)9(14)10(3,4)8(11)12-15/h7,15H,6H2,1-5H3,(H2,11,12). The van der Waals surface area contributed by atoms with Gasteiger partial charge in [-0.2, -0.15) is 0 Å². The molecule has 0 aromatic rings. The Labute approximate surface area is 90.9 Å². The van der Waals surface area contributed by atoms with Crippen molar-refractivity contribution in [3.05, 3.63) is 0 Å². The van der Waals surface area contributed by atoms with Crippen molar-refractivity contribution in [2.75, 3.05) is 7.05 Å². The molecule has 0 saturated heterocycles. The van der Waals surface area contributed by atoms with Gasteiger partial charge in [-0.25, -0.2) is 0 Å². The summed E-state index contributed by atoms with van der Waals surface area (Å²) in [6.45, 7) is 7.25. The van der Waals surface area contributed by atoms with Gasteiger partial charge in [-0.05, 0) is 27.2 Å². The van der Waals surface area contributed by atoms with Gasteiger partial charge < -0.3 is 15.8 Å². The summed E-state index contributed by atoms with van der Waals surface area (Å²) in [6, 6.07) is 0.142. The average molecular weight is 215 g/mol. The van der Waals surface area contributed by atoms with E-state index < -0.39 is 5.41 Å². The molecule has 1 atom stereocenters. The monoisotopic (exact) mass is 215 g/mol. The highest BCUT2D eigenvalue weighted by Gasteiger charge is 2.36. The molecule has 0 aliphatic heterocycles. The number of carbonyl (C=O) groups is 1. The molecule has 0 aromatic carbocycles. The van der Waals surface area contributed by atoms with Crippen molar-refractivity contribution in [3.63, 3.8) is 0 Å². The van der Waals surface area contributed by atoms with Crippen molar-refractivity contribution < 1.29 is 10.0 Å². The molecule has 0 spiro atoms. The van der Waals surface area contributed by atoms with E-state index in [1.807, 2.05) is 13.8 Å². The Morgan fingerprint density at radius 3 is 2.40 bits per heavy atom. The molecule has 0 heterocycles. The third-order valence-electron chi connectivity index (χ3n) is 2.86. The van der Waals surface area contributed by atoms with Gasteiger partial charge in [0.15, 0.2) is 5.84 Å². The van der Waals surface area contributed by atoms with Crippen LogP contribution in [0.3, 0.4) is 0 Å². The maximum Gasteiger partial charge on any atom is 0.235 e. The van der Waals surface area contributed by atoms with Gasteiger partial charge in [-0.1, -0.05) is 12.1 Å². The molecule has 15 heavy (non-hydrogen) atoms. The largest absolute Gasteiger partial charge is 0.409 e. The summed E-state index contributed by atoms with van der Waals surface area (Å²) in [5, 5.41) is 11.5. The minimum atomic E-state index is -0.965. The van der Waals surface area contributed by atoms with Gasteiger partial charge in [0, 0.05) is 13.1 Å². The van der Waals surface area contributed by atoms with Crippen LogP contribution in [-0.4, -0.2) is 34.9 Å². The van der Waals surface area contributed by atoms with Crippen LogP contribution in [0, 0.1) is 5.41 Å². The number of oxime groups is 1. The fourth-order valence-electron chi connectivity index (χ4n) is 1.15. The van der Waals surface area contributed by atoms with E-state index in [4.69, 9.17) is 10.9 Å². The predicted molar refractivity (Wildman–Crippen MR) is 59.7 cm³/mol. The van der Waals surface area contributed by atoms with Crippen LogP contribution in [0.25, 0.3) is 0 Å². The van der Waals surface area contributed by atoms with Crippen molar-refractivity contribution in [1.29, 1.82) is 0 Å². The highest BCUT2D eigenvalue weighted by Crippen LogP contribution is 2.20. The summed E-state index contributed by atoms with van der Waals surface area (Å²) in [7, 11) is 1.73. The lowest BCUT2D eigenvalue weighted by Crippen LogP contribution is -2.49. The van der Waals surface area contributed by atoms with Crippen LogP contribution in [0.15, 0.2) is 5.16 Å². The number of nitrogens with zero attached hydrogens (tertiary/aromatic N) is 2. The zero-order valence-electron chi connectivity index (χ0n) is 10.1. The van der Waals surface area contributed by atoms with Crippen LogP contribution < -0.4 is 5.73 Å². The lowest BCUT2D eigenvalue weighted by Gasteiger charge is -2.31. The highest BCUT2D eigenvalue weighted by molar-refractivity contribution is 6.05. The second-order valence-electron chi connectivity index (χ2n) is 4.28. The third kappa shape index (κ3) is 2.84. The Morgan fingerprint density at radius 1 is 1.60 bits per heavy atom. The summed E-state index contributed by atoms with van der Waals surface area (Å²) in [5.74, 6) is -0.213. The summed E-state index contributed by atoms with van der Waals surface area (Å²) in [6.07, 6.45) is 0.870. The van der Waals surface area contributed by atoms with E-state index in [1.54, 1.807) is 25.8 Å². The molecule has 0 aromatic heterocycles. The van der Waals surface area contributed by atoms with Crippen molar-refractivity contribution in [1.82, 2.24) is 4.90 Å². The number of nitrogens with two attached hydrogens (primary N) is 1. The van der Waals surface area contributed by atoms with Gasteiger partial charge in [0.2, 0.25) is 5.91 Å². The molecule has 5 nitrogen and oxygen atoms in total. The van der Waals surface area contributed by atoms with E-state index in [1.165, 1.54) is 0 Å². The maximum atomic E-state index is 12.0. The van der Waals surface area contributed by atoms with Gasteiger partial charge in [0.25, 0.3) is 0 Å². The lowest BCUT2D eigenvalue weighted by molar-refractivity contribution is -0.137. The molecule has 1 amide bonds. The predicted octanol–water partition coefficient (Wildman–Crippen LogP) is 1.02. The molecule has 0 radical (unpaired) electrons. The first-order chi connectivity index (χ1) is 6.78. The molecule has 1 unspecified atom stereocenters. The molecule has 3 N–H and O–H groups in total. The number of amidine groups is 1. The number of amides is 1. The minimum absolute atomic E-state index is 0.0670. The van der Waals surface area contributed by atoms with E-state index in [0.717, 1.165) is 6.42 Å². The van der Waals surface area contributed by atoms with E-state index >= 15 is 0 Å². The zero-order chi connectivity index (χ0) is 12.2. The fraction of sp³-hybridized carbons (Fsp3) is 0.800. The highest BCUT2D eigenvalue weighted by atomic mass is 16.4. The lowest BCUT2D eigenvalue weighted by atomic mass is 9.89. The second kappa shape index (κ2) is 5.00. The van der Waals surface area contributed by atoms with Gasteiger partial charge in [0.1, 0.15) is 5.41 Å². The molecular formula is C10H21N3O2. The average Bonchev–Trinajstić information content (AvgIpc) is 2.24. The Kier molecular flexibility index (Phi) is 4.58. The van der Waals surface area contributed by atoms with Gasteiger partial charge >= 0.3 is 0 Å². The first kappa shape index (κ1) is 13.7. The third-order valence-corrected chi connectivity index (χ3v) is 2.86. The van der Waals surface area contributed by atoms with Crippen molar-refractivity contribution in [2.45, 2.75) is 40.2 Å². The molecule has 0 bridgehead atoms. The van der Waals surface area contributed by atoms with Crippen LogP contribution in [0.4, 0.5) is 0 Å². The quantitative estimate of drug-likeness (QED) is 0.318. The number of hydrogen-bond acceptors (Lipinski definition) is 3.